The molecule has 2 aromatic carbocycles. The molecule has 7 nitrogen and oxygen atoms in total. The van der Waals surface area contributed by atoms with E-state index < -0.39 is 5.91 Å². The summed E-state index contributed by atoms with van der Waals surface area (Å²) in [4.78, 5) is 25.7. The van der Waals surface area contributed by atoms with Crippen LogP contribution in [0.1, 0.15) is 12.5 Å². The maximum atomic E-state index is 12.2. The lowest BCUT2D eigenvalue weighted by Crippen LogP contribution is -2.44. The van der Waals surface area contributed by atoms with Gasteiger partial charge in [0.2, 0.25) is 0 Å². The van der Waals surface area contributed by atoms with Crippen molar-refractivity contribution in [3.63, 3.8) is 0 Å². The Morgan fingerprint density at radius 1 is 1.27 bits per heavy atom. The fourth-order valence-electron chi connectivity index (χ4n) is 2.57. The Labute approximate surface area is 151 Å². The first-order chi connectivity index (χ1) is 12.6. The van der Waals surface area contributed by atoms with Gasteiger partial charge in [-0.1, -0.05) is 24.3 Å². The largest absolute Gasteiger partial charge is 0.497 e. The van der Waals surface area contributed by atoms with Crippen LogP contribution < -0.4 is 19.8 Å². The molecule has 0 unspecified atom stereocenters. The van der Waals surface area contributed by atoms with E-state index in [0.717, 1.165) is 5.56 Å². The van der Waals surface area contributed by atoms with Crippen LogP contribution >= 0.6 is 0 Å². The molecule has 0 bridgehead atoms. The minimum Gasteiger partial charge on any atom is -0.497 e. The third kappa shape index (κ3) is 3.83. The van der Waals surface area contributed by atoms with Gasteiger partial charge in [0.05, 0.1) is 18.5 Å². The summed E-state index contributed by atoms with van der Waals surface area (Å²) in [6.45, 7) is 1.56. The van der Waals surface area contributed by atoms with Crippen molar-refractivity contribution in [2.45, 2.75) is 6.92 Å². The maximum absolute atomic E-state index is 12.2. The maximum Gasteiger partial charge on any atom is 0.265 e. The summed E-state index contributed by atoms with van der Waals surface area (Å²) in [5.74, 6) is 0.625. The Bertz CT molecular complexity index is 863. The Morgan fingerprint density at radius 2 is 2.08 bits per heavy atom. The Balaban J connectivity index is 1.68. The van der Waals surface area contributed by atoms with Gasteiger partial charge < -0.3 is 9.47 Å². The first kappa shape index (κ1) is 17.5. The highest BCUT2D eigenvalue weighted by molar-refractivity contribution is 6.03. The van der Waals surface area contributed by atoms with E-state index >= 15 is 0 Å². The molecule has 2 amide bonds. The molecule has 1 heterocycles. The van der Waals surface area contributed by atoms with Crippen molar-refractivity contribution in [1.82, 2.24) is 5.43 Å². The molecule has 134 valence electrons. The summed E-state index contributed by atoms with van der Waals surface area (Å²) in [6, 6.07) is 14.5. The molecule has 0 radical (unpaired) electrons. The van der Waals surface area contributed by atoms with Crippen LogP contribution in [0.25, 0.3) is 0 Å². The summed E-state index contributed by atoms with van der Waals surface area (Å²) >= 11 is 0. The summed E-state index contributed by atoms with van der Waals surface area (Å²) in [7, 11) is 1.59. The molecule has 0 aliphatic carbocycles. The molecule has 3 rings (SSSR count). The lowest BCUT2D eigenvalue weighted by molar-refractivity contribution is -0.125. The number of carbonyl (C=O) groups is 2. The fraction of sp³-hybridized carbons (Fsp3) is 0.211. The van der Waals surface area contributed by atoms with Crippen molar-refractivity contribution >= 4 is 23.2 Å². The van der Waals surface area contributed by atoms with Gasteiger partial charge in [-0.05, 0) is 31.2 Å². The third-order valence-corrected chi connectivity index (χ3v) is 3.95. The number of benzene rings is 2. The number of para-hydroxylation sites is 2. The molecule has 0 atom stereocenters. The quantitative estimate of drug-likeness (QED) is 0.658. The molecule has 0 saturated carbocycles. The minimum atomic E-state index is -0.391. The Morgan fingerprint density at radius 3 is 2.88 bits per heavy atom. The topological polar surface area (TPSA) is 80.2 Å². The zero-order valence-corrected chi connectivity index (χ0v) is 14.6. The van der Waals surface area contributed by atoms with Gasteiger partial charge in [0.15, 0.2) is 6.61 Å². The zero-order chi connectivity index (χ0) is 18.5. The van der Waals surface area contributed by atoms with Gasteiger partial charge in [-0.15, -0.1) is 0 Å². The van der Waals surface area contributed by atoms with Crippen molar-refractivity contribution in [1.29, 1.82) is 0 Å². The van der Waals surface area contributed by atoms with Crippen LogP contribution in [0.3, 0.4) is 0 Å². The molecule has 0 aromatic heterocycles. The number of amides is 2. The lowest BCUT2D eigenvalue weighted by Gasteiger charge is -2.28. The molecular weight excluding hydrogens is 334 g/mol. The molecule has 26 heavy (non-hydrogen) atoms. The number of nitrogens with zero attached hydrogens (tertiary/aromatic N) is 2. The number of hydrazone groups is 1. The van der Waals surface area contributed by atoms with Gasteiger partial charge in [0.1, 0.15) is 18.0 Å². The van der Waals surface area contributed by atoms with E-state index in [1.54, 1.807) is 32.2 Å². The Hall–Kier alpha value is -3.35. The van der Waals surface area contributed by atoms with Crippen LogP contribution in [-0.2, 0) is 9.59 Å². The van der Waals surface area contributed by atoms with Crippen LogP contribution in [-0.4, -0.2) is 37.8 Å². The number of fused-ring (bicyclic) bond motifs is 1. The van der Waals surface area contributed by atoms with E-state index in [1.807, 2.05) is 30.3 Å². The van der Waals surface area contributed by atoms with Crippen molar-refractivity contribution in [3.8, 4) is 11.5 Å². The van der Waals surface area contributed by atoms with Gasteiger partial charge in [-0.2, -0.15) is 5.10 Å². The first-order valence-corrected chi connectivity index (χ1v) is 8.08. The average molecular weight is 353 g/mol. The average Bonchev–Trinajstić information content (AvgIpc) is 2.68. The second kappa shape index (κ2) is 7.69. The summed E-state index contributed by atoms with van der Waals surface area (Å²) in [5.41, 5.74) is 4.53. The van der Waals surface area contributed by atoms with E-state index in [2.05, 4.69) is 10.5 Å². The fourth-order valence-corrected chi connectivity index (χ4v) is 2.57. The summed E-state index contributed by atoms with van der Waals surface area (Å²) in [5, 5.41) is 4.11. The first-order valence-electron chi connectivity index (χ1n) is 8.08. The van der Waals surface area contributed by atoms with Gasteiger partial charge in [-0.3, -0.25) is 14.5 Å². The third-order valence-electron chi connectivity index (χ3n) is 3.95. The van der Waals surface area contributed by atoms with Gasteiger partial charge in [0.25, 0.3) is 11.8 Å². The molecule has 1 aliphatic heterocycles. The van der Waals surface area contributed by atoms with Gasteiger partial charge >= 0.3 is 0 Å². The van der Waals surface area contributed by atoms with Crippen LogP contribution in [0.4, 0.5) is 5.69 Å². The number of methoxy groups -OCH3 is 1. The number of nitrogens with one attached hydrogen (secondary N) is 1. The van der Waals surface area contributed by atoms with E-state index in [-0.39, 0.29) is 19.1 Å². The normalized spacial score (nSPS) is 13.7. The van der Waals surface area contributed by atoms with Gasteiger partial charge in [-0.25, -0.2) is 5.43 Å². The highest BCUT2D eigenvalue weighted by Gasteiger charge is 2.26. The molecule has 7 heteroatoms. The second-order valence-electron chi connectivity index (χ2n) is 5.70. The minimum absolute atomic E-state index is 0.0869. The van der Waals surface area contributed by atoms with Gasteiger partial charge in [0, 0.05) is 5.56 Å². The highest BCUT2D eigenvalue weighted by atomic mass is 16.5. The molecule has 1 aliphatic rings. The number of ether oxygens (including phenoxy) is 2. The second-order valence-corrected chi connectivity index (χ2v) is 5.70. The van der Waals surface area contributed by atoms with Crippen LogP contribution in [0.5, 0.6) is 11.5 Å². The number of anilines is 1. The highest BCUT2D eigenvalue weighted by Crippen LogP contribution is 2.31. The monoisotopic (exact) mass is 353 g/mol. The number of rotatable bonds is 5. The van der Waals surface area contributed by atoms with Crippen LogP contribution in [0.2, 0.25) is 0 Å². The summed E-state index contributed by atoms with van der Waals surface area (Å²) in [6.07, 6.45) is 0. The van der Waals surface area contributed by atoms with Crippen LogP contribution in [0, 0.1) is 0 Å². The molecule has 0 saturated heterocycles. The van der Waals surface area contributed by atoms with Crippen molar-refractivity contribution in [2.24, 2.45) is 5.10 Å². The molecule has 0 fully saturated rings. The predicted octanol–water partition coefficient (Wildman–Crippen LogP) is 1.96. The van der Waals surface area contributed by atoms with Crippen molar-refractivity contribution in [3.05, 3.63) is 54.1 Å². The number of carbonyl (C=O) groups excluding carboxylic acids is 2. The van der Waals surface area contributed by atoms with E-state index in [9.17, 15) is 9.59 Å². The van der Waals surface area contributed by atoms with E-state index in [0.29, 0.717) is 22.9 Å². The predicted molar refractivity (Wildman–Crippen MR) is 97.6 cm³/mol. The number of hydrogen-bond donors (Lipinski definition) is 1. The lowest BCUT2D eigenvalue weighted by atomic mass is 10.1. The molecule has 1 N–H and O–H groups in total. The summed E-state index contributed by atoms with van der Waals surface area (Å²) < 4.78 is 10.5. The van der Waals surface area contributed by atoms with E-state index in [4.69, 9.17) is 9.47 Å². The zero-order valence-electron chi connectivity index (χ0n) is 14.6. The molecule has 2 aromatic rings. The Kier molecular flexibility index (Phi) is 5.17. The molecular formula is C19H19N3O4. The van der Waals surface area contributed by atoms with E-state index in [1.165, 1.54) is 4.90 Å². The van der Waals surface area contributed by atoms with Crippen molar-refractivity contribution < 1.29 is 19.1 Å². The standard InChI is InChI=1S/C19H19N3O4/c1-13(14-6-5-7-15(10-14)25-2)20-21-18(23)11-22-16-8-3-4-9-17(16)26-12-19(22)24/h3-10H,11-12H2,1-2H3,(H,21,23)/b20-13-. The van der Waals surface area contributed by atoms with Crippen LogP contribution in [0.15, 0.2) is 53.6 Å². The van der Waals surface area contributed by atoms with Crippen molar-refractivity contribution in [2.75, 3.05) is 25.2 Å². The smallest absolute Gasteiger partial charge is 0.265 e. The number of hydrogen-bond acceptors (Lipinski definition) is 5. The molecule has 0 spiro atoms. The SMILES string of the molecule is COc1cccc(/C(C)=N\NC(=O)CN2C(=O)COc3ccccc32)c1.